The van der Waals surface area contributed by atoms with E-state index in [0.717, 1.165) is 81.4 Å². The Morgan fingerprint density at radius 2 is 1.81 bits per heavy atom. The van der Waals surface area contributed by atoms with Gasteiger partial charge in [-0.25, -0.2) is 0 Å². The van der Waals surface area contributed by atoms with Crippen LogP contribution in [0.25, 0.3) is 0 Å². The van der Waals surface area contributed by atoms with Crippen molar-refractivity contribution in [2.75, 3.05) is 47.6 Å². The lowest BCUT2D eigenvalue weighted by atomic mass is 10.1. The van der Waals surface area contributed by atoms with Gasteiger partial charge in [-0.2, -0.15) is 0 Å². The molecule has 1 N–H and O–H groups in total. The minimum atomic E-state index is 0.308. The second-order valence-corrected chi connectivity index (χ2v) is 8.31. The highest BCUT2D eigenvalue weighted by Gasteiger charge is 2.22. The molecular weight excluding hydrogens is 394 g/mol. The highest BCUT2D eigenvalue weighted by Crippen LogP contribution is 2.32. The number of hydrogen-bond acceptors (Lipinski definition) is 5. The molecule has 7 nitrogen and oxygen atoms in total. The highest BCUT2D eigenvalue weighted by atomic mass is 16.5. The van der Waals surface area contributed by atoms with E-state index in [1.54, 1.807) is 14.2 Å². The van der Waals surface area contributed by atoms with Gasteiger partial charge in [0.2, 0.25) is 0 Å². The van der Waals surface area contributed by atoms with Crippen molar-refractivity contribution in [1.82, 2.24) is 10.2 Å². The summed E-state index contributed by atoms with van der Waals surface area (Å²) in [6, 6.07) is 6.18. The van der Waals surface area contributed by atoms with E-state index in [2.05, 4.69) is 27.3 Å². The van der Waals surface area contributed by atoms with Crippen molar-refractivity contribution in [2.45, 2.75) is 63.7 Å². The molecule has 0 aromatic heterocycles. The van der Waals surface area contributed by atoms with E-state index < -0.39 is 0 Å². The Labute approximate surface area is 187 Å². The van der Waals surface area contributed by atoms with Crippen LogP contribution in [0.2, 0.25) is 0 Å². The summed E-state index contributed by atoms with van der Waals surface area (Å²) in [6.45, 7) is 4.13. The maximum absolute atomic E-state index is 6.23. The number of nitrogens with zero attached hydrogens (tertiary/aromatic N) is 2. The van der Waals surface area contributed by atoms with Crippen molar-refractivity contribution in [3.05, 3.63) is 23.8 Å². The lowest BCUT2D eigenvalue weighted by Gasteiger charge is -2.34. The van der Waals surface area contributed by atoms with Crippen molar-refractivity contribution in [3.63, 3.8) is 0 Å². The summed E-state index contributed by atoms with van der Waals surface area (Å²) >= 11 is 0. The lowest BCUT2D eigenvalue weighted by Crippen LogP contribution is -2.46. The molecule has 1 heterocycles. The molecule has 0 radical (unpaired) electrons. The average molecular weight is 434 g/mol. The summed E-state index contributed by atoms with van der Waals surface area (Å²) in [4.78, 5) is 6.81. The molecule has 1 aromatic rings. The van der Waals surface area contributed by atoms with Gasteiger partial charge in [-0.05, 0) is 62.6 Å². The van der Waals surface area contributed by atoms with Gasteiger partial charge >= 0.3 is 0 Å². The molecule has 3 rings (SSSR count). The van der Waals surface area contributed by atoms with E-state index >= 15 is 0 Å². The molecule has 0 amide bonds. The van der Waals surface area contributed by atoms with Crippen LogP contribution in [0.3, 0.4) is 0 Å². The maximum atomic E-state index is 6.23. The first kappa shape index (κ1) is 23.7. The molecule has 31 heavy (non-hydrogen) atoms. The van der Waals surface area contributed by atoms with Crippen LogP contribution in [0.1, 0.15) is 50.5 Å². The second-order valence-electron chi connectivity index (χ2n) is 8.31. The van der Waals surface area contributed by atoms with Gasteiger partial charge in [0.15, 0.2) is 17.5 Å². The fourth-order valence-electron chi connectivity index (χ4n) is 4.31. The number of piperidine rings is 1. The van der Waals surface area contributed by atoms with Crippen LogP contribution in [-0.2, 0) is 16.0 Å². The van der Waals surface area contributed by atoms with E-state index in [1.807, 2.05) is 13.1 Å². The quantitative estimate of drug-likeness (QED) is 0.345. The largest absolute Gasteiger partial charge is 0.493 e. The number of rotatable bonds is 10. The van der Waals surface area contributed by atoms with Gasteiger partial charge in [0.05, 0.1) is 19.3 Å². The van der Waals surface area contributed by atoms with Crippen molar-refractivity contribution in [2.24, 2.45) is 4.99 Å². The van der Waals surface area contributed by atoms with E-state index in [1.165, 1.54) is 12.8 Å². The van der Waals surface area contributed by atoms with E-state index in [0.29, 0.717) is 18.8 Å². The third-order valence-corrected chi connectivity index (χ3v) is 6.07. The number of methoxy groups -OCH3 is 2. The van der Waals surface area contributed by atoms with Gasteiger partial charge in [-0.3, -0.25) is 4.99 Å². The van der Waals surface area contributed by atoms with Crippen LogP contribution >= 0.6 is 0 Å². The smallest absolute Gasteiger partial charge is 0.193 e. The Bertz CT molecular complexity index is 683. The fourth-order valence-corrected chi connectivity index (χ4v) is 4.31. The van der Waals surface area contributed by atoms with Gasteiger partial charge in [0.25, 0.3) is 0 Å². The van der Waals surface area contributed by atoms with Crippen LogP contribution in [0.5, 0.6) is 11.5 Å². The van der Waals surface area contributed by atoms with Crippen LogP contribution in [0, 0.1) is 0 Å². The molecule has 2 aliphatic rings. The zero-order chi connectivity index (χ0) is 21.9. The predicted molar refractivity (Wildman–Crippen MR) is 123 cm³/mol. The lowest BCUT2D eigenvalue weighted by molar-refractivity contribution is 0.00989. The Morgan fingerprint density at radius 1 is 1.03 bits per heavy atom. The molecule has 0 unspecified atom stereocenters. The summed E-state index contributed by atoms with van der Waals surface area (Å²) in [5, 5.41) is 3.51. The van der Waals surface area contributed by atoms with Crippen molar-refractivity contribution in [3.8, 4) is 11.5 Å². The molecule has 2 fully saturated rings. The van der Waals surface area contributed by atoms with Crippen LogP contribution in [-0.4, -0.2) is 70.6 Å². The summed E-state index contributed by atoms with van der Waals surface area (Å²) in [6.07, 6.45) is 8.40. The topological polar surface area (TPSA) is 64.6 Å². The van der Waals surface area contributed by atoms with Gasteiger partial charge in [-0.15, -0.1) is 0 Å². The third kappa shape index (κ3) is 7.28. The molecule has 1 saturated heterocycles. The molecular formula is C24H39N3O4. The van der Waals surface area contributed by atoms with Crippen molar-refractivity contribution in [1.29, 1.82) is 0 Å². The number of aliphatic imine (C=N–C) groups is 1. The molecule has 174 valence electrons. The number of hydrogen-bond donors (Lipinski definition) is 1. The highest BCUT2D eigenvalue weighted by molar-refractivity contribution is 5.80. The first-order valence-electron chi connectivity index (χ1n) is 11.6. The molecule has 0 bridgehead atoms. The zero-order valence-electron chi connectivity index (χ0n) is 19.4. The van der Waals surface area contributed by atoms with Crippen LogP contribution in [0.15, 0.2) is 23.2 Å². The monoisotopic (exact) mass is 433 g/mol. The summed E-state index contributed by atoms with van der Waals surface area (Å²) in [5.74, 6) is 2.58. The Hall–Kier alpha value is -1.99. The molecule has 1 aliphatic heterocycles. The summed E-state index contributed by atoms with van der Waals surface area (Å²) < 4.78 is 22.8. The maximum Gasteiger partial charge on any atom is 0.193 e. The minimum absolute atomic E-state index is 0.308. The fraction of sp³-hybridized carbons (Fsp3) is 0.708. The zero-order valence-corrected chi connectivity index (χ0v) is 19.4. The average Bonchev–Trinajstić information content (AvgIpc) is 3.31. The molecule has 7 heteroatoms. The first-order chi connectivity index (χ1) is 15.2. The molecule has 1 aromatic carbocycles. The van der Waals surface area contributed by atoms with Gasteiger partial charge in [-0.1, -0.05) is 6.07 Å². The molecule has 1 saturated carbocycles. The summed E-state index contributed by atoms with van der Waals surface area (Å²) in [5.41, 5.74) is 1.16. The Balaban J connectivity index is 1.48. The SMILES string of the molecule is CN=C(NCc1ccc(OC)c(OC2CCCC2)c1)N1CCC(OCCCOC)CC1. The Kier molecular flexibility index (Phi) is 9.75. The van der Waals surface area contributed by atoms with Crippen molar-refractivity contribution >= 4 is 5.96 Å². The van der Waals surface area contributed by atoms with E-state index in [9.17, 15) is 0 Å². The van der Waals surface area contributed by atoms with Crippen molar-refractivity contribution < 1.29 is 18.9 Å². The van der Waals surface area contributed by atoms with Gasteiger partial charge in [0, 0.05) is 47.0 Å². The molecule has 0 atom stereocenters. The number of ether oxygens (including phenoxy) is 4. The normalized spacial score (nSPS) is 18.4. The summed E-state index contributed by atoms with van der Waals surface area (Å²) in [7, 11) is 5.27. The van der Waals surface area contributed by atoms with Gasteiger partial charge < -0.3 is 29.2 Å². The number of guanidine groups is 1. The first-order valence-corrected chi connectivity index (χ1v) is 11.6. The van der Waals surface area contributed by atoms with E-state index in [4.69, 9.17) is 18.9 Å². The molecule has 0 spiro atoms. The third-order valence-electron chi connectivity index (χ3n) is 6.07. The second kappa shape index (κ2) is 12.8. The standard InChI is InChI=1S/C24H39N3O4/c1-25-24(27-13-11-20(12-14-27)30-16-6-15-28-2)26-18-19-9-10-22(29-3)23(17-19)31-21-7-4-5-8-21/h9-10,17,20-21H,4-8,11-16,18H2,1-3H3,(H,25,26). The number of likely N-dealkylation sites (tertiary alicyclic amines) is 1. The van der Waals surface area contributed by atoms with E-state index in [-0.39, 0.29) is 0 Å². The Morgan fingerprint density at radius 3 is 2.48 bits per heavy atom. The van der Waals surface area contributed by atoms with Crippen LogP contribution < -0.4 is 14.8 Å². The van der Waals surface area contributed by atoms with Crippen LogP contribution in [0.4, 0.5) is 0 Å². The number of nitrogens with one attached hydrogen (secondary N) is 1. The predicted octanol–water partition coefficient (Wildman–Crippen LogP) is 3.61. The molecule has 1 aliphatic carbocycles. The minimum Gasteiger partial charge on any atom is -0.493 e. The van der Waals surface area contributed by atoms with Gasteiger partial charge in [0.1, 0.15) is 0 Å². The number of benzene rings is 1.